The van der Waals surface area contributed by atoms with Gasteiger partial charge >= 0.3 is 0 Å². The zero-order chi connectivity index (χ0) is 60.1. The summed E-state index contributed by atoms with van der Waals surface area (Å²) in [6.07, 6.45) is 2.85. The molecular formula is C79H84B3N3. The van der Waals surface area contributed by atoms with E-state index >= 15 is 0 Å². The SMILES string of the molecule is CC.CC.CC.CC.CC.CC.CC.CC.c1ccc2c(c1)Cc1cccc3c1B2c1cccc2c4c(c5c6cccc7c6n(c5c5c6cccc8c6n(c45)-c4cccc5c4B8c4ccccc4C5)-c4cccc5c4B7c4ccccc4C5)n-3c12. The maximum atomic E-state index is 2.76. The highest BCUT2D eigenvalue weighted by molar-refractivity contribution is 7.00. The lowest BCUT2D eigenvalue weighted by molar-refractivity contribution is 1.14. The van der Waals surface area contributed by atoms with Gasteiger partial charge in [0.2, 0.25) is 20.1 Å². The second-order valence-electron chi connectivity index (χ2n) is 20.9. The van der Waals surface area contributed by atoms with Crippen LogP contribution in [0.4, 0.5) is 0 Å². The zero-order valence-electron chi connectivity index (χ0n) is 53.5. The monoisotopic (exact) mass is 1110 g/mol. The summed E-state index contributed by atoms with van der Waals surface area (Å²) >= 11 is 0. The Labute approximate surface area is 508 Å². The number of fused-ring (bicyclic) bond motifs is 24. The van der Waals surface area contributed by atoms with Crippen molar-refractivity contribution in [2.45, 2.75) is 130 Å². The molecule has 0 saturated carbocycles. The Hall–Kier alpha value is -8.21. The molecule has 0 spiro atoms. The van der Waals surface area contributed by atoms with Gasteiger partial charge in [-0.05, 0) is 104 Å². The van der Waals surface area contributed by atoms with Crippen LogP contribution in [0.5, 0.6) is 0 Å². The predicted molar refractivity (Wildman–Crippen MR) is 382 cm³/mol. The van der Waals surface area contributed by atoms with Crippen LogP contribution in [-0.2, 0) is 19.3 Å². The zero-order valence-corrected chi connectivity index (χ0v) is 53.5. The summed E-state index contributed by atoms with van der Waals surface area (Å²) in [5, 5.41) is 8.09. The first-order chi connectivity index (χ1) is 42.3. The van der Waals surface area contributed by atoms with Crippen molar-refractivity contribution in [1.29, 1.82) is 0 Å². The van der Waals surface area contributed by atoms with Gasteiger partial charge in [-0.15, -0.1) is 0 Å². The second-order valence-corrected chi connectivity index (χ2v) is 20.9. The van der Waals surface area contributed by atoms with Crippen molar-refractivity contribution < 1.29 is 0 Å². The van der Waals surface area contributed by atoms with E-state index in [4.69, 9.17) is 0 Å². The molecule has 9 heterocycles. The molecule has 0 unspecified atom stereocenters. The Balaban J connectivity index is 0.000000438. The Kier molecular flexibility index (Phi) is 16.6. The summed E-state index contributed by atoms with van der Waals surface area (Å²) in [6.45, 7) is 32.5. The summed E-state index contributed by atoms with van der Waals surface area (Å²) < 4.78 is 8.28. The van der Waals surface area contributed by atoms with Gasteiger partial charge in [-0.25, -0.2) is 0 Å². The Bertz CT molecular complexity index is 4180. The summed E-state index contributed by atoms with van der Waals surface area (Å²) in [5.74, 6) is 0. The molecule has 0 N–H and O–H groups in total. The normalized spacial score (nSPS) is 12.5. The van der Waals surface area contributed by atoms with Crippen molar-refractivity contribution in [3.8, 4) is 17.1 Å². The molecule has 13 aromatic rings. The van der Waals surface area contributed by atoms with E-state index in [1.54, 1.807) is 0 Å². The third-order valence-corrected chi connectivity index (χ3v) is 18.1. The number of rotatable bonds is 0. The summed E-state index contributed by atoms with van der Waals surface area (Å²) in [5.41, 5.74) is 33.7. The molecule has 3 aromatic heterocycles. The third-order valence-electron chi connectivity index (χ3n) is 18.1. The van der Waals surface area contributed by atoms with Gasteiger partial charge in [-0.2, -0.15) is 0 Å². The van der Waals surface area contributed by atoms with Gasteiger partial charge in [0.15, 0.2) is 0 Å². The maximum Gasteiger partial charge on any atom is 0.247 e. The Morgan fingerprint density at radius 1 is 0.224 bits per heavy atom. The highest BCUT2D eigenvalue weighted by Gasteiger charge is 2.45. The van der Waals surface area contributed by atoms with Crippen molar-refractivity contribution in [2.24, 2.45) is 0 Å². The molecule has 6 aliphatic heterocycles. The molecule has 10 aromatic carbocycles. The van der Waals surface area contributed by atoms with Gasteiger partial charge in [0.05, 0.1) is 16.6 Å². The predicted octanol–water partition coefficient (Wildman–Crippen LogP) is 15.4. The smallest absolute Gasteiger partial charge is 0.247 e. The van der Waals surface area contributed by atoms with E-state index in [9.17, 15) is 0 Å². The van der Waals surface area contributed by atoms with Crippen LogP contribution in [0.3, 0.4) is 0 Å². The van der Waals surface area contributed by atoms with Crippen LogP contribution in [0, 0.1) is 0 Å². The largest absolute Gasteiger partial charge is 0.309 e. The standard InChI is InChI=1S/C63H36B3N3.8C2H6/c1-4-22-43-34(13-1)31-37-16-7-28-49-55(37)64(43)46-25-10-19-40-52-61(67(49)58(40)46)53-41-20-11-26-47-59(41)69(51-30-9-18-39-33-36-15-2-5-23-44(36)65(47)57(39)51)63(53)54-42-21-12-27-48-60(42)68(62(52)54)50-29-8-17-38-32-35-14-3-6-24-45(35)66(48)56(38)50;8*1-2/h1-30H,31-33H2;8*1-2H3. The molecule has 85 heavy (non-hydrogen) atoms. The van der Waals surface area contributed by atoms with E-state index < -0.39 is 0 Å². The molecule has 0 amide bonds. The molecule has 424 valence electrons. The summed E-state index contributed by atoms with van der Waals surface area (Å²) in [4.78, 5) is 0. The molecule has 0 atom stereocenters. The van der Waals surface area contributed by atoms with E-state index in [0.717, 1.165) is 19.3 Å². The lowest BCUT2D eigenvalue weighted by atomic mass is 9.32. The number of hydrogen-bond acceptors (Lipinski definition) is 0. The van der Waals surface area contributed by atoms with E-state index in [1.165, 1.54) is 165 Å². The first kappa shape index (κ1) is 58.6. The van der Waals surface area contributed by atoms with E-state index in [-0.39, 0.29) is 20.1 Å². The number of hydrogen-bond donors (Lipinski definition) is 0. The average molecular weight is 1110 g/mol. The summed E-state index contributed by atoms with van der Waals surface area (Å²) in [6, 6.07) is 71.1. The van der Waals surface area contributed by atoms with Gasteiger partial charge in [-0.1, -0.05) is 291 Å². The third kappa shape index (κ3) is 7.88. The quantitative estimate of drug-likeness (QED) is 0.134. The first-order valence-corrected chi connectivity index (χ1v) is 32.9. The number of nitrogens with zero attached hydrogens (tertiary/aromatic N) is 3. The van der Waals surface area contributed by atoms with Crippen molar-refractivity contribution >= 4 is 135 Å². The lowest BCUT2D eigenvalue weighted by Crippen LogP contribution is -2.60. The number of para-hydroxylation sites is 3. The molecule has 0 aliphatic carbocycles. The fourth-order valence-electron chi connectivity index (χ4n) is 15.8. The molecule has 0 bridgehead atoms. The molecule has 6 heteroatoms. The van der Waals surface area contributed by atoms with E-state index in [0.29, 0.717) is 0 Å². The van der Waals surface area contributed by atoms with Crippen LogP contribution < -0.4 is 49.2 Å². The van der Waals surface area contributed by atoms with Crippen LogP contribution in [-0.4, -0.2) is 33.8 Å². The number of aromatic nitrogens is 3. The van der Waals surface area contributed by atoms with Gasteiger partial charge in [-0.3, -0.25) is 0 Å². The van der Waals surface area contributed by atoms with E-state index in [1.807, 2.05) is 111 Å². The minimum absolute atomic E-state index is 0.161. The number of benzene rings is 10. The van der Waals surface area contributed by atoms with Crippen molar-refractivity contribution in [2.75, 3.05) is 0 Å². The molecule has 3 nitrogen and oxygen atoms in total. The van der Waals surface area contributed by atoms with Crippen LogP contribution in [0.15, 0.2) is 182 Å². The molecule has 6 aliphatic rings. The van der Waals surface area contributed by atoms with Crippen molar-refractivity contribution in [1.82, 2.24) is 13.7 Å². The fourth-order valence-corrected chi connectivity index (χ4v) is 15.8. The highest BCUT2D eigenvalue weighted by Crippen LogP contribution is 2.51. The van der Waals surface area contributed by atoms with Crippen LogP contribution in [0.25, 0.3) is 82.5 Å². The maximum absolute atomic E-state index is 2.76. The van der Waals surface area contributed by atoms with Crippen molar-refractivity contribution in [3.05, 3.63) is 215 Å². The fraction of sp³-hybridized carbons (Fsp3) is 0.241. The second kappa shape index (κ2) is 24.0. The van der Waals surface area contributed by atoms with Gasteiger partial charge in [0.25, 0.3) is 0 Å². The van der Waals surface area contributed by atoms with E-state index in [2.05, 4.69) is 196 Å². The lowest BCUT2D eigenvalue weighted by Gasteiger charge is -2.33. The van der Waals surface area contributed by atoms with Gasteiger partial charge < -0.3 is 13.7 Å². The molecule has 19 rings (SSSR count). The minimum Gasteiger partial charge on any atom is -0.309 e. The average Bonchev–Trinajstić information content (AvgIpc) is 1.51. The summed E-state index contributed by atoms with van der Waals surface area (Å²) in [7, 11) is 0. The van der Waals surface area contributed by atoms with Crippen molar-refractivity contribution in [3.63, 3.8) is 0 Å². The van der Waals surface area contributed by atoms with Crippen LogP contribution in [0.2, 0.25) is 0 Å². The Morgan fingerprint density at radius 2 is 0.447 bits per heavy atom. The molecule has 0 fully saturated rings. The van der Waals surface area contributed by atoms with Crippen LogP contribution in [0.1, 0.15) is 144 Å². The minimum atomic E-state index is 0.161. The van der Waals surface area contributed by atoms with Gasteiger partial charge in [0.1, 0.15) is 0 Å². The topological polar surface area (TPSA) is 14.8 Å². The molecule has 0 saturated heterocycles. The Morgan fingerprint density at radius 3 is 0.718 bits per heavy atom. The van der Waals surface area contributed by atoms with Crippen LogP contribution >= 0.6 is 0 Å². The van der Waals surface area contributed by atoms with Gasteiger partial charge in [0, 0.05) is 65.9 Å². The first-order valence-electron chi connectivity index (χ1n) is 32.9. The highest BCUT2D eigenvalue weighted by atomic mass is 15.1. The molecule has 0 radical (unpaired) electrons. The molecular weight excluding hydrogens is 1020 g/mol.